The number of para-hydroxylation sites is 1. The first-order chi connectivity index (χ1) is 10.3. The standard InChI is InChI=1S/C15H20N2O3S2/c1-15(2,3)13-11-21-14(16-13)17-22(18,19)10-9-20-12-7-5-4-6-8-12/h4-8,11H,9-10H2,1-3H3,(H,16,17). The molecule has 5 nitrogen and oxygen atoms in total. The number of anilines is 1. The van der Waals surface area contributed by atoms with Gasteiger partial charge in [0.2, 0.25) is 10.0 Å². The van der Waals surface area contributed by atoms with Gasteiger partial charge in [-0.3, -0.25) is 4.72 Å². The molecule has 0 aliphatic carbocycles. The van der Waals surface area contributed by atoms with Crippen LogP contribution in [-0.2, 0) is 15.4 Å². The fourth-order valence-corrected chi connectivity index (χ4v) is 3.71. The molecule has 0 saturated carbocycles. The summed E-state index contributed by atoms with van der Waals surface area (Å²) >= 11 is 1.29. The number of sulfonamides is 1. The molecule has 1 aromatic heterocycles. The number of rotatable bonds is 6. The lowest BCUT2D eigenvalue weighted by atomic mass is 9.93. The summed E-state index contributed by atoms with van der Waals surface area (Å²) in [6, 6.07) is 9.13. The van der Waals surface area contributed by atoms with Crippen molar-refractivity contribution in [2.75, 3.05) is 17.1 Å². The zero-order chi connectivity index (χ0) is 16.2. The van der Waals surface area contributed by atoms with Gasteiger partial charge in [-0.25, -0.2) is 13.4 Å². The molecule has 1 N–H and O–H groups in total. The van der Waals surface area contributed by atoms with Crippen LogP contribution in [0.4, 0.5) is 5.13 Å². The van der Waals surface area contributed by atoms with E-state index in [2.05, 4.69) is 9.71 Å². The highest BCUT2D eigenvalue weighted by atomic mass is 32.2. The van der Waals surface area contributed by atoms with Crippen LogP contribution < -0.4 is 9.46 Å². The largest absolute Gasteiger partial charge is 0.492 e. The van der Waals surface area contributed by atoms with E-state index in [1.807, 2.05) is 44.4 Å². The Morgan fingerprint density at radius 2 is 1.91 bits per heavy atom. The number of hydrogen-bond acceptors (Lipinski definition) is 5. The van der Waals surface area contributed by atoms with Crippen LogP contribution in [0.15, 0.2) is 35.7 Å². The second kappa shape index (κ2) is 6.66. The van der Waals surface area contributed by atoms with Gasteiger partial charge in [0.1, 0.15) is 18.1 Å². The predicted octanol–water partition coefficient (Wildman–Crippen LogP) is 3.26. The van der Waals surface area contributed by atoms with E-state index in [1.54, 1.807) is 12.1 Å². The van der Waals surface area contributed by atoms with Crippen molar-refractivity contribution in [3.63, 3.8) is 0 Å². The third-order valence-corrected chi connectivity index (χ3v) is 4.97. The molecule has 0 saturated heterocycles. The van der Waals surface area contributed by atoms with Crippen LogP contribution in [0, 0.1) is 0 Å². The molecule has 1 heterocycles. The molecular formula is C15H20N2O3S2. The summed E-state index contributed by atoms with van der Waals surface area (Å²) in [5, 5.41) is 2.27. The third-order valence-electron chi connectivity index (χ3n) is 2.88. The number of thiazole rings is 1. The normalized spacial score (nSPS) is 12.1. The molecule has 0 radical (unpaired) electrons. The van der Waals surface area contributed by atoms with Crippen molar-refractivity contribution in [2.45, 2.75) is 26.2 Å². The first kappa shape index (κ1) is 16.8. The molecule has 0 aliphatic heterocycles. The highest BCUT2D eigenvalue weighted by Gasteiger charge is 2.19. The number of nitrogens with zero attached hydrogens (tertiary/aromatic N) is 1. The van der Waals surface area contributed by atoms with E-state index in [-0.39, 0.29) is 17.8 Å². The lowest BCUT2D eigenvalue weighted by Gasteiger charge is -2.14. The van der Waals surface area contributed by atoms with Crippen LogP contribution in [-0.4, -0.2) is 25.8 Å². The summed E-state index contributed by atoms with van der Waals surface area (Å²) in [4.78, 5) is 4.32. The number of hydrogen-bond donors (Lipinski definition) is 1. The van der Waals surface area contributed by atoms with Crippen molar-refractivity contribution in [1.29, 1.82) is 0 Å². The Bertz CT molecular complexity index is 704. The molecule has 0 amide bonds. The Labute approximate surface area is 135 Å². The summed E-state index contributed by atoms with van der Waals surface area (Å²) in [7, 11) is -3.46. The van der Waals surface area contributed by atoms with E-state index in [4.69, 9.17) is 4.74 Å². The zero-order valence-corrected chi connectivity index (χ0v) is 14.5. The minimum absolute atomic E-state index is 0.0941. The molecule has 22 heavy (non-hydrogen) atoms. The second-order valence-corrected chi connectivity index (χ2v) is 8.57. The molecule has 0 unspecified atom stereocenters. The van der Waals surface area contributed by atoms with Gasteiger partial charge < -0.3 is 4.74 Å². The van der Waals surface area contributed by atoms with Crippen molar-refractivity contribution in [2.24, 2.45) is 0 Å². The predicted molar refractivity (Wildman–Crippen MR) is 90.2 cm³/mol. The van der Waals surface area contributed by atoms with Crippen molar-refractivity contribution in [3.8, 4) is 5.75 Å². The van der Waals surface area contributed by atoms with Gasteiger partial charge in [0.25, 0.3) is 0 Å². The van der Waals surface area contributed by atoms with E-state index in [0.717, 1.165) is 5.69 Å². The number of aromatic nitrogens is 1. The van der Waals surface area contributed by atoms with Crippen molar-refractivity contribution in [1.82, 2.24) is 4.98 Å². The summed E-state index contributed by atoms with van der Waals surface area (Å²) in [6.07, 6.45) is 0. The Morgan fingerprint density at radius 1 is 1.23 bits per heavy atom. The van der Waals surface area contributed by atoms with E-state index < -0.39 is 10.0 Å². The van der Waals surface area contributed by atoms with Gasteiger partial charge in [-0.1, -0.05) is 39.0 Å². The van der Waals surface area contributed by atoms with Crippen LogP contribution in [0.3, 0.4) is 0 Å². The fraction of sp³-hybridized carbons (Fsp3) is 0.400. The van der Waals surface area contributed by atoms with Gasteiger partial charge in [-0.2, -0.15) is 0 Å². The Hall–Kier alpha value is -1.60. The van der Waals surface area contributed by atoms with Gasteiger partial charge in [-0.15, -0.1) is 11.3 Å². The number of benzene rings is 1. The minimum atomic E-state index is -3.46. The first-order valence-electron chi connectivity index (χ1n) is 6.91. The molecule has 120 valence electrons. The molecule has 0 spiro atoms. The molecular weight excluding hydrogens is 320 g/mol. The second-order valence-electron chi connectivity index (χ2n) is 5.87. The monoisotopic (exact) mass is 340 g/mol. The molecule has 2 aromatic rings. The molecule has 0 bridgehead atoms. The van der Waals surface area contributed by atoms with Gasteiger partial charge in [0, 0.05) is 10.8 Å². The third kappa shape index (κ3) is 4.99. The summed E-state index contributed by atoms with van der Waals surface area (Å²) in [5.41, 5.74) is 0.770. The zero-order valence-electron chi connectivity index (χ0n) is 12.9. The quantitative estimate of drug-likeness (QED) is 0.876. The van der Waals surface area contributed by atoms with Crippen molar-refractivity contribution < 1.29 is 13.2 Å². The molecule has 2 rings (SSSR count). The van der Waals surface area contributed by atoms with Gasteiger partial charge in [0.15, 0.2) is 5.13 Å². The molecule has 0 fully saturated rings. The van der Waals surface area contributed by atoms with E-state index in [1.165, 1.54) is 11.3 Å². The summed E-state index contributed by atoms with van der Waals surface area (Å²) in [5.74, 6) is 0.536. The van der Waals surface area contributed by atoms with Crippen LogP contribution in [0.25, 0.3) is 0 Å². The average Bonchev–Trinajstić information content (AvgIpc) is 2.87. The van der Waals surface area contributed by atoms with E-state index in [0.29, 0.717) is 10.9 Å². The maximum absolute atomic E-state index is 12.0. The maximum Gasteiger partial charge on any atom is 0.237 e. The van der Waals surface area contributed by atoms with Crippen molar-refractivity contribution >= 4 is 26.5 Å². The molecule has 0 atom stereocenters. The van der Waals surface area contributed by atoms with Crippen molar-refractivity contribution in [3.05, 3.63) is 41.4 Å². The Kier molecular flexibility index (Phi) is 5.08. The first-order valence-corrected chi connectivity index (χ1v) is 9.44. The number of nitrogens with one attached hydrogen (secondary N) is 1. The smallest absolute Gasteiger partial charge is 0.237 e. The van der Waals surface area contributed by atoms with Gasteiger partial charge in [0.05, 0.1) is 5.69 Å². The summed E-state index contributed by atoms with van der Waals surface area (Å²) < 4.78 is 31.9. The Balaban J connectivity index is 1.90. The summed E-state index contributed by atoms with van der Waals surface area (Å²) in [6.45, 7) is 6.20. The van der Waals surface area contributed by atoms with Crippen LogP contribution in [0.1, 0.15) is 26.5 Å². The molecule has 1 aromatic carbocycles. The van der Waals surface area contributed by atoms with Gasteiger partial charge in [-0.05, 0) is 12.1 Å². The van der Waals surface area contributed by atoms with Gasteiger partial charge >= 0.3 is 0 Å². The lowest BCUT2D eigenvalue weighted by molar-refractivity contribution is 0.341. The SMILES string of the molecule is CC(C)(C)c1csc(NS(=O)(=O)CCOc2ccccc2)n1. The Morgan fingerprint density at radius 3 is 2.50 bits per heavy atom. The average molecular weight is 340 g/mol. The number of ether oxygens (including phenoxy) is 1. The van der Waals surface area contributed by atoms with E-state index >= 15 is 0 Å². The van der Waals surface area contributed by atoms with E-state index in [9.17, 15) is 8.42 Å². The highest BCUT2D eigenvalue weighted by molar-refractivity contribution is 7.92. The molecule has 7 heteroatoms. The molecule has 0 aliphatic rings. The lowest BCUT2D eigenvalue weighted by Crippen LogP contribution is -2.21. The minimum Gasteiger partial charge on any atom is -0.492 e. The van der Waals surface area contributed by atoms with Crippen LogP contribution in [0.5, 0.6) is 5.75 Å². The van der Waals surface area contributed by atoms with Crippen LogP contribution in [0.2, 0.25) is 0 Å². The topological polar surface area (TPSA) is 68.3 Å². The maximum atomic E-state index is 12.0. The fourth-order valence-electron chi connectivity index (χ4n) is 1.64. The van der Waals surface area contributed by atoms with Crippen LogP contribution >= 0.6 is 11.3 Å². The highest BCUT2D eigenvalue weighted by Crippen LogP contribution is 2.26.